The molecule has 1 aliphatic carbocycles. The van der Waals surface area contributed by atoms with E-state index in [0.717, 1.165) is 30.3 Å². The van der Waals surface area contributed by atoms with Gasteiger partial charge in [-0.15, -0.1) is 0 Å². The second-order valence-electron chi connectivity index (χ2n) is 7.93. The summed E-state index contributed by atoms with van der Waals surface area (Å²) in [5, 5.41) is 4.11. The highest BCUT2D eigenvalue weighted by Crippen LogP contribution is 2.27. The van der Waals surface area contributed by atoms with Crippen molar-refractivity contribution in [1.82, 2.24) is 9.88 Å². The molecule has 1 atom stereocenters. The standard InChI is InChI=1S/C22H32ClN3O2/c1-2-28-21(27)11-10-18-13-20(23)22(24-14-18)25-19-9-6-12-26(16-19)15-17-7-4-3-5-8-17/h10-11,13-14,17,19H,2-9,12,15-16H2,1H3,(H,24,25)/t19-/m1/s1. The van der Waals surface area contributed by atoms with E-state index in [2.05, 4.69) is 15.2 Å². The lowest BCUT2D eigenvalue weighted by molar-refractivity contribution is -0.137. The molecule has 0 spiro atoms. The van der Waals surface area contributed by atoms with Crippen LogP contribution in [0.4, 0.5) is 5.82 Å². The van der Waals surface area contributed by atoms with Gasteiger partial charge < -0.3 is 15.0 Å². The van der Waals surface area contributed by atoms with E-state index in [1.54, 1.807) is 19.2 Å². The van der Waals surface area contributed by atoms with Crippen LogP contribution in [0.25, 0.3) is 6.08 Å². The Kier molecular flexibility index (Phi) is 8.16. The molecule has 154 valence electrons. The maximum atomic E-state index is 11.4. The molecular weight excluding hydrogens is 374 g/mol. The number of carbonyl (C=O) groups excluding carboxylic acids is 1. The Balaban J connectivity index is 1.53. The van der Waals surface area contributed by atoms with Crippen LogP contribution in [-0.4, -0.2) is 48.1 Å². The third-order valence-corrected chi connectivity index (χ3v) is 5.94. The van der Waals surface area contributed by atoms with Crippen molar-refractivity contribution in [1.29, 1.82) is 0 Å². The van der Waals surface area contributed by atoms with Crippen molar-refractivity contribution in [3.05, 3.63) is 28.9 Å². The summed E-state index contributed by atoms with van der Waals surface area (Å²) in [5.41, 5.74) is 0.783. The molecular formula is C22H32ClN3O2. The number of likely N-dealkylation sites (tertiary alicyclic amines) is 1. The Labute approximate surface area is 173 Å². The molecule has 1 aromatic heterocycles. The number of nitrogens with one attached hydrogen (secondary N) is 1. The van der Waals surface area contributed by atoms with E-state index < -0.39 is 0 Å². The summed E-state index contributed by atoms with van der Waals surface area (Å²) in [4.78, 5) is 18.5. The van der Waals surface area contributed by atoms with E-state index in [1.807, 2.05) is 6.07 Å². The average Bonchev–Trinajstić information content (AvgIpc) is 2.70. The van der Waals surface area contributed by atoms with Gasteiger partial charge in [0, 0.05) is 31.4 Å². The molecule has 1 saturated carbocycles. The molecule has 1 saturated heterocycles. The number of pyridine rings is 1. The largest absolute Gasteiger partial charge is 0.463 e. The second-order valence-corrected chi connectivity index (χ2v) is 8.34. The topological polar surface area (TPSA) is 54.5 Å². The number of nitrogens with zero attached hydrogens (tertiary/aromatic N) is 2. The van der Waals surface area contributed by atoms with Crippen LogP contribution in [0.2, 0.25) is 5.02 Å². The first-order chi connectivity index (χ1) is 13.6. The molecule has 5 nitrogen and oxygen atoms in total. The monoisotopic (exact) mass is 405 g/mol. The van der Waals surface area contributed by atoms with Crippen LogP contribution >= 0.6 is 11.6 Å². The number of esters is 1. The van der Waals surface area contributed by atoms with Gasteiger partial charge in [-0.25, -0.2) is 9.78 Å². The van der Waals surface area contributed by atoms with Crippen molar-refractivity contribution >= 4 is 29.5 Å². The maximum absolute atomic E-state index is 11.4. The first kappa shape index (κ1) is 21.1. The van der Waals surface area contributed by atoms with E-state index in [0.29, 0.717) is 17.7 Å². The second kappa shape index (κ2) is 10.8. The quantitative estimate of drug-likeness (QED) is 0.523. The number of hydrogen-bond acceptors (Lipinski definition) is 5. The molecule has 1 aromatic rings. The van der Waals surface area contributed by atoms with Crippen LogP contribution < -0.4 is 5.32 Å². The molecule has 1 aliphatic heterocycles. The maximum Gasteiger partial charge on any atom is 0.330 e. The first-order valence-electron chi connectivity index (χ1n) is 10.6. The van der Waals surface area contributed by atoms with Gasteiger partial charge in [0.1, 0.15) is 5.82 Å². The molecule has 2 fully saturated rings. The van der Waals surface area contributed by atoms with E-state index in [-0.39, 0.29) is 5.97 Å². The Morgan fingerprint density at radius 2 is 2.14 bits per heavy atom. The Morgan fingerprint density at radius 3 is 2.89 bits per heavy atom. The number of ether oxygens (including phenoxy) is 1. The summed E-state index contributed by atoms with van der Waals surface area (Å²) in [6.07, 6.45) is 14.1. The molecule has 0 unspecified atom stereocenters. The molecule has 0 bridgehead atoms. The Bertz CT molecular complexity index is 674. The third-order valence-electron chi connectivity index (χ3n) is 5.65. The zero-order valence-electron chi connectivity index (χ0n) is 16.8. The lowest BCUT2D eigenvalue weighted by Crippen LogP contribution is -2.44. The van der Waals surface area contributed by atoms with Gasteiger partial charge in [0.2, 0.25) is 0 Å². The summed E-state index contributed by atoms with van der Waals surface area (Å²) in [5.74, 6) is 1.24. The van der Waals surface area contributed by atoms with Gasteiger partial charge >= 0.3 is 5.97 Å². The van der Waals surface area contributed by atoms with Crippen LogP contribution in [0.3, 0.4) is 0 Å². The highest BCUT2D eigenvalue weighted by atomic mass is 35.5. The number of halogens is 1. The lowest BCUT2D eigenvalue weighted by atomic mass is 9.88. The number of anilines is 1. The van der Waals surface area contributed by atoms with Crippen molar-refractivity contribution in [3.63, 3.8) is 0 Å². The predicted molar refractivity (Wildman–Crippen MR) is 115 cm³/mol. The molecule has 2 heterocycles. The van der Waals surface area contributed by atoms with Crippen molar-refractivity contribution < 1.29 is 9.53 Å². The molecule has 28 heavy (non-hydrogen) atoms. The van der Waals surface area contributed by atoms with Crippen molar-refractivity contribution in [2.24, 2.45) is 5.92 Å². The van der Waals surface area contributed by atoms with Crippen molar-refractivity contribution in [2.45, 2.75) is 57.9 Å². The smallest absolute Gasteiger partial charge is 0.330 e. The molecule has 0 amide bonds. The zero-order valence-corrected chi connectivity index (χ0v) is 17.6. The van der Waals surface area contributed by atoms with Gasteiger partial charge in [-0.2, -0.15) is 0 Å². The Morgan fingerprint density at radius 1 is 1.32 bits per heavy atom. The molecule has 2 aliphatic rings. The normalized spacial score (nSPS) is 21.7. The van der Waals surface area contributed by atoms with Gasteiger partial charge in [-0.1, -0.05) is 30.9 Å². The predicted octanol–water partition coefficient (Wildman–Crippen LogP) is 4.77. The van der Waals surface area contributed by atoms with Crippen LogP contribution in [0.15, 0.2) is 18.3 Å². The minimum absolute atomic E-state index is 0.360. The van der Waals surface area contributed by atoms with Gasteiger partial charge in [0.05, 0.1) is 11.6 Å². The fraction of sp³-hybridized carbons (Fsp3) is 0.636. The minimum atomic E-state index is -0.360. The van der Waals surface area contributed by atoms with E-state index in [1.165, 1.54) is 57.7 Å². The number of aromatic nitrogens is 1. The van der Waals surface area contributed by atoms with Gasteiger partial charge in [-0.05, 0) is 62.8 Å². The number of carbonyl (C=O) groups is 1. The number of hydrogen-bond donors (Lipinski definition) is 1. The van der Waals surface area contributed by atoms with Gasteiger partial charge in [-0.3, -0.25) is 0 Å². The molecule has 6 heteroatoms. The average molecular weight is 406 g/mol. The summed E-state index contributed by atoms with van der Waals surface area (Å²) in [6.45, 7) is 5.64. The summed E-state index contributed by atoms with van der Waals surface area (Å²) >= 11 is 6.43. The molecule has 3 rings (SSSR count). The number of rotatable bonds is 7. The van der Waals surface area contributed by atoms with Gasteiger partial charge in [0.15, 0.2) is 0 Å². The lowest BCUT2D eigenvalue weighted by Gasteiger charge is -2.36. The zero-order chi connectivity index (χ0) is 19.8. The van der Waals surface area contributed by atoms with E-state index in [4.69, 9.17) is 16.3 Å². The molecule has 0 aromatic carbocycles. The fourth-order valence-electron chi connectivity index (χ4n) is 4.27. The highest BCUT2D eigenvalue weighted by Gasteiger charge is 2.24. The molecule has 1 N–H and O–H groups in total. The van der Waals surface area contributed by atoms with E-state index >= 15 is 0 Å². The Hall–Kier alpha value is -1.59. The minimum Gasteiger partial charge on any atom is -0.463 e. The fourth-order valence-corrected chi connectivity index (χ4v) is 4.50. The van der Waals surface area contributed by atoms with Crippen molar-refractivity contribution in [2.75, 3.05) is 31.6 Å². The van der Waals surface area contributed by atoms with Crippen molar-refractivity contribution in [3.8, 4) is 0 Å². The van der Waals surface area contributed by atoms with Crippen LogP contribution in [-0.2, 0) is 9.53 Å². The van der Waals surface area contributed by atoms with Gasteiger partial charge in [0.25, 0.3) is 0 Å². The number of piperidine rings is 1. The summed E-state index contributed by atoms with van der Waals surface area (Å²) in [6, 6.07) is 2.21. The van der Waals surface area contributed by atoms with E-state index in [9.17, 15) is 4.79 Å². The third kappa shape index (κ3) is 6.49. The molecule has 0 radical (unpaired) electrons. The SMILES string of the molecule is CCOC(=O)C=Cc1cnc(N[C@@H]2CCCN(CC3CCCCC3)C2)c(Cl)c1. The first-order valence-corrected chi connectivity index (χ1v) is 11.0. The highest BCUT2D eigenvalue weighted by molar-refractivity contribution is 6.33. The van der Waals surface area contributed by atoms with Crippen LogP contribution in [0, 0.1) is 5.92 Å². The summed E-state index contributed by atoms with van der Waals surface area (Å²) in [7, 11) is 0. The van der Waals surface area contributed by atoms with Crippen LogP contribution in [0.5, 0.6) is 0 Å². The van der Waals surface area contributed by atoms with Crippen LogP contribution in [0.1, 0.15) is 57.4 Å². The summed E-state index contributed by atoms with van der Waals surface area (Å²) < 4.78 is 4.89.